The standard InChI is InChI=1S/C10H16N4O3/c1-7(2)5-11-9(15)6-13-10(14(16)17)4-8(3)12-13/h4,7H,5-6H2,1-3H3,(H,11,15). The Morgan fingerprint density at radius 3 is 2.82 bits per heavy atom. The van der Waals surface area contributed by atoms with Crippen LogP contribution in [0.1, 0.15) is 19.5 Å². The zero-order valence-corrected chi connectivity index (χ0v) is 10.1. The number of amides is 1. The molecule has 1 aromatic heterocycles. The van der Waals surface area contributed by atoms with Crippen molar-refractivity contribution < 1.29 is 9.72 Å². The van der Waals surface area contributed by atoms with Gasteiger partial charge in [-0.05, 0) is 17.8 Å². The van der Waals surface area contributed by atoms with Crippen molar-refractivity contribution in [2.45, 2.75) is 27.3 Å². The van der Waals surface area contributed by atoms with Crippen LogP contribution in [-0.2, 0) is 11.3 Å². The minimum atomic E-state index is -0.546. The predicted molar refractivity (Wildman–Crippen MR) is 61.5 cm³/mol. The zero-order valence-electron chi connectivity index (χ0n) is 10.1. The van der Waals surface area contributed by atoms with Crippen LogP contribution in [-0.4, -0.2) is 27.2 Å². The van der Waals surface area contributed by atoms with E-state index in [1.807, 2.05) is 13.8 Å². The number of aryl methyl sites for hydroxylation is 1. The van der Waals surface area contributed by atoms with Crippen LogP contribution in [0.15, 0.2) is 6.07 Å². The molecule has 1 N–H and O–H groups in total. The molecule has 0 radical (unpaired) electrons. The molecule has 0 atom stereocenters. The number of rotatable bonds is 5. The molecule has 0 aliphatic heterocycles. The average Bonchev–Trinajstić information content (AvgIpc) is 2.56. The Morgan fingerprint density at radius 2 is 2.29 bits per heavy atom. The van der Waals surface area contributed by atoms with Gasteiger partial charge in [0.05, 0.1) is 11.8 Å². The van der Waals surface area contributed by atoms with E-state index in [1.165, 1.54) is 6.07 Å². The molecule has 7 heteroatoms. The van der Waals surface area contributed by atoms with E-state index in [0.29, 0.717) is 18.2 Å². The lowest BCUT2D eigenvalue weighted by Gasteiger charge is -2.06. The van der Waals surface area contributed by atoms with Gasteiger partial charge < -0.3 is 15.4 Å². The van der Waals surface area contributed by atoms with Crippen molar-refractivity contribution in [2.24, 2.45) is 5.92 Å². The number of hydrogen-bond donors (Lipinski definition) is 1. The summed E-state index contributed by atoms with van der Waals surface area (Å²) in [6, 6.07) is 1.34. The molecule has 17 heavy (non-hydrogen) atoms. The van der Waals surface area contributed by atoms with Gasteiger partial charge in [-0.25, -0.2) is 0 Å². The molecule has 0 saturated heterocycles. The lowest BCUT2D eigenvalue weighted by Crippen LogP contribution is -2.31. The summed E-state index contributed by atoms with van der Waals surface area (Å²) in [5.74, 6) is -0.0969. The van der Waals surface area contributed by atoms with Gasteiger partial charge >= 0.3 is 5.82 Å². The van der Waals surface area contributed by atoms with E-state index in [0.717, 1.165) is 4.68 Å². The van der Waals surface area contributed by atoms with Crippen LogP contribution in [0, 0.1) is 23.0 Å². The summed E-state index contributed by atoms with van der Waals surface area (Å²) < 4.78 is 1.10. The van der Waals surface area contributed by atoms with Crippen molar-refractivity contribution in [3.8, 4) is 0 Å². The summed E-state index contributed by atoms with van der Waals surface area (Å²) in [7, 11) is 0. The summed E-state index contributed by atoms with van der Waals surface area (Å²) in [5.41, 5.74) is 0.522. The first-order chi connectivity index (χ1) is 7.90. The van der Waals surface area contributed by atoms with Crippen molar-refractivity contribution in [1.82, 2.24) is 15.1 Å². The molecule has 94 valence electrons. The van der Waals surface area contributed by atoms with E-state index in [-0.39, 0.29) is 18.3 Å². The van der Waals surface area contributed by atoms with E-state index in [1.54, 1.807) is 6.92 Å². The van der Waals surface area contributed by atoms with Gasteiger partial charge in [-0.3, -0.25) is 4.79 Å². The quantitative estimate of drug-likeness (QED) is 0.610. The molecule has 0 aliphatic rings. The average molecular weight is 240 g/mol. The fourth-order valence-corrected chi connectivity index (χ4v) is 1.31. The Labute approximate surface area is 99.0 Å². The van der Waals surface area contributed by atoms with Crippen LogP contribution in [0.2, 0.25) is 0 Å². The van der Waals surface area contributed by atoms with Gasteiger partial charge in [0.1, 0.15) is 0 Å². The Bertz CT molecular complexity index is 425. The largest absolute Gasteiger partial charge is 0.358 e. The van der Waals surface area contributed by atoms with E-state index in [9.17, 15) is 14.9 Å². The fraction of sp³-hybridized carbons (Fsp3) is 0.600. The topological polar surface area (TPSA) is 90.1 Å². The Kier molecular flexibility index (Phi) is 4.19. The molecule has 1 rings (SSSR count). The van der Waals surface area contributed by atoms with Gasteiger partial charge in [-0.1, -0.05) is 18.9 Å². The maximum Gasteiger partial charge on any atom is 0.345 e. The summed E-state index contributed by atoms with van der Waals surface area (Å²) in [4.78, 5) is 21.7. The zero-order chi connectivity index (χ0) is 13.0. The van der Waals surface area contributed by atoms with Gasteiger partial charge in [0.25, 0.3) is 5.91 Å². The number of hydrogen-bond acceptors (Lipinski definition) is 4. The minimum Gasteiger partial charge on any atom is -0.358 e. The monoisotopic (exact) mass is 240 g/mol. The second-order valence-electron chi connectivity index (χ2n) is 4.26. The van der Waals surface area contributed by atoms with Gasteiger partial charge in [-0.2, -0.15) is 0 Å². The van der Waals surface area contributed by atoms with E-state index in [2.05, 4.69) is 10.4 Å². The van der Waals surface area contributed by atoms with Crippen LogP contribution in [0.4, 0.5) is 5.82 Å². The Hall–Kier alpha value is -1.92. The van der Waals surface area contributed by atoms with Crippen molar-refractivity contribution in [3.05, 3.63) is 21.9 Å². The van der Waals surface area contributed by atoms with Crippen LogP contribution in [0.5, 0.6) is 0 Å². The second kappa shape index (κ2) is 5.42. The molecule has 0 bridgehead atoms. The van der Waals surface area contributed by atoms with Gasteiger partial charge in [0, 0.05) is 6.54 Å². The molecule has 7 nitrogen and oxygen atoms in total. The first-order valence-corrected chi connectivity index (χ1v) is 5.35. The molecule has 1 aromatic rings. The predicted octanol–water partition coefficient (Wildman–Crippen LogP) is 0.872. The molecular weight excluding hydrogens is 224 g/mol. The maximum absolute atomic E-state index is 11.5. The SMILES string of the molecule is Cc1cc([N+](=O)[O-])n(CC(=O)NCC(C)C)n1. The van der Waals surface area contributed by atoms with Gasteiger partial charge in [0.15, 0.2) is 6.54 Å². The molecular formula is C10H16N4O3. The van der Waals surface area contributed by atoms with E-state index < -0.39 is 4.92 Å². The lowest BCUT2D eigenvalue weighted by molar-refractivity contribution is -0.392. The van der Waals surface area contributed by atoms with Crippen molar-refractivity contribution in [2.75, 3.05) is 6.54 Å². The number of carbonyl (C=O) groups is 1. The normalized spacial score (nSPS) is 10.6. The van der Waals surface area contributed by atoms with E-state index >= 15 is 0 Å². The highest BCUT2D eigenvalue weighted by atomic mass is 16.6. The van der Waals surface area contributed by atoms with Crippen LogP contribution < -0.4 is 5.32 Å². The number of aromatic nitrogens is 2. The van der Waals surface area contributed by atoms with Gasteiger partial charge in [-0.15, -0.1) is 4.68 Å². The first-order valence-electron chi connectivity index (χ1n) is 5.35. The third-order valence-electron chi connectivity index (χ3n) is 2.07. The molecule has 1 amide bonds. The number of nitrogens with zero attached hydrogens (tertiary/aromatic N) is 3. The van der Waals surface area contributed by atoms with Crippen molar-refractivity contribution in [3.63, 3.8) is 0 Å². The van der Waals surface area contributed by atoms with Gasteiger partial charge in [0.2, 0.25) is 0 Å². The molecule has 1 heterocycles. The van der Waals surface area contributed by atoms with Crippen LogP contribution in [0.3, 0.4) is 0 Å². The second-order valence-corrected chi connectivity index (χ2v) is 4.26. The highest BCUT2D eigenvalue weighted by Crippen LogP contribution is 2.12. The maximum atomic E-state index is 11.5. The molecule has 0 saturated carbocycles. The summed E-state index contributed by atoms with van der Waals surface area (Å²) in [5, 5.41) is 17.3. The number of nitro groups is 1. The van der Waals surface area contributed by atoms with Crippen LogP contribution >= 0.6 is 0 Å². The summed E-state index contributed by atoms with van der Waals surface area (Å²) in [6.07, 6.45) is 0. The highest BCUT2D eigenvalue weighted by Gasteiger charge is 2.19. The molecule has 0 unspecified atom stereocenters. The third kappa shape index (κ3) is 3.86. The third-order valence-corrected chi connectivity index (χ3v) is 2.07. The van der Waals surface area contributed by atoms with Crippen molar-refractivity contribution in [1.29, 1.82) is 0 Å². The Balaban J connectivity index is 2.68. The molecule has 0 fully saturated rings. The highest BCUT2D eigenvalue weighted by molar-refractivity contribution is 5.75. The summed E-state index contributed by atoms with van der Waals surface area (Å²) >= 11 is 0. The molecule has 0 aromatic carbocycles. The van der Waals surface area contributed by atoms with E-state index in [4.69, 9.17) is 0 Å². The minimum absolute atomic E-state index is 0.128. The smallest absolute Gasteiger partial charge is 0.345 e. The lowest BCUT2D eigenvalue weighted by atomic mass is 10.2. The summed E-state index contributed by atoms with van der Waals surface area (Å²) in [6.45, 7) is 6.01. The first kappa shape index (κ1) is 13.1. The van der Waals surface area contributed by atoms with Crippen LogP contribution in [0.25, 0.3) is 0 Å². The van der Waals surface area contributed by atoms with Crippen molar-refractivity contribution >= 4 is 11.7 Å². The number of carbonyl (C=O) groups excluding carboxylic acids is 1. The Morgan fingerprint density at radius 1 is 1.65 bits per heavy atom. The number of nitrogens with one attached hydrogen (secondary N) is 1. The fourth-order valence-electron chi connectivity index (χ4n) is 1.31. The molecule has 0 spiro atoms. The molecule has 0 aliphatic carbocycles.